The highest BCUT2D eigenvalue weighted by Crippen LogP contribution is 2.39. The van der Waals surface area contributed by atoms with Crippen molar-refractivity contribution in [3.05, 3.63) is 11.4 Å². The molecule has 2 aliphatic rings. The molecular weight excluding hydrogens is 250 g/mol. The maximum Gasteiger partial charge on any atom is 0.136 e. The van der Waals surface area contributed by atoms with Crippen LogP contribution in [-0.2, 0) is 0 Å². The highest BCUT2D eigenvalue weighted by Gasteiger charge is 2.30. The number of likely N-dealkylation sites (N-methyl/N-ethyl adjacent to an activating group) is 1. The summed E-state index contributed by atoms with van der Waals surface area (Å²) in [6.45, 7) is 5.14. The Hall–Kier alpha value is -1.36. The van der Waals surface area contributed by atoms with Crippen LogP contribution in [0.25, 0.3) is 0 Å². The third kappa shape index (κ3) is 2.87. The van der Waals surface area contributed by atoms with Gasteiger partial charge in [0, 0.05) is 30.1 Å². The molecule has 1 heterocycles. The first-order valence-corrected chi connectivity index (χ1v) is 7.66. The number of nitrogens with one attached hydrogen (secondary N) is 1. The Morgan fingerprint density at radius 1 is 1.30 bits per heavy atom. The minimum Gasteiger partial charge on any atom is -0.383 e. The molecule has 2 aliphatic carbocycles. The highest BCUT2D eigenvalue weighted by atomic mass is 15.2. The number of hydrogen-bond acceptors (Lipinski definition) is 5. The summed E-state index contributed by atoms with van der Waals surface area (Å²) in [5.74, 6) is 2.98. The molecule has 2 saturated carbocycles. The van der Waals surface area contributed by atoms with Gasteiger partial charge in [0.25, 0.3) is 0 Å². The predicted octanol–water partition coefficient (Wildman–Crippen LogP) is 2.14. The van der Waals surface area contributed by atoms with Crippen molar-refractivity contribution in [3.8, 4) is 0 Å². The van der Waals surface area contributed by atoms with Crippen LogP contribution in [0.1, 0.15) is 49.9 Å². The van der Waals surface area contributed by atoms with Gasteiger partial charge in [-0.25, -0.2) is 9.97 Å². The normalized spacial score (nSPS) is 20.2. The first-order chi connectivity index (χ1) is 9.56. The molecule has 0 aliphatic heterocycles. The smallest absolute Gasteiger partial charge is 0.136 e. The fourth-order valence-electron chi connectivity index (χ4n) is 2.48. The maximum absolute atomic E-state index is 6.01. The second-order valence-corrected chi connectivity index (χ2v) is 6.34. The van der Waals surface area contributed by atoms with Gasteiger partial charge in [0.2, 0.25) is 0 Å². The summed E-state index contributed by atoms with van der Waals surface area (Å²) in [5.41, 5.74) is 6.98. The monoisotopic (exact) mass is 275 g/mol. The summed E-state index contributed by atoms with van der Waals surface area (Å²) in [6, 6.07) is 1.29. The summed E-state index contributed by atoms with van der Waals surface area (Å²) in [7, 11) is 2.21. The van der Waals surface area contributed by atoms with Crippen LogP contribution in [0.15, 0.2) is 0 Å². The van der Waals surface area contributed by atoms with Crippen molar-refractivity contribution in [2.24, 2.45) is 0 Å². The minimum atomic E-state index is 0.502. The Morgan fingerprint density at radius 3 is 2.60 bits per heavy atom. The van der Waals surface area contributed by atoms with Crippen molar-refractivity contribution in [2.75, 3.05) is 24.6 Å². The fraction of sp³-hybridized carbons (Fsp3) is 0.733. The molecule has 0 bridgehead atoms. The van der Waals surface area contributed by atoms with Gasteiger partial charge in [-0.05, 0) is 46.6 Å². The van der Waals surface area contributed by atoms with E-state index in [0.717, 1.165) is 29.8 Å². The van der Waals surface area contributed by atoms with E-state index in [1.54, 1.807) is 0 Å². The van der Waals surface area contributed by atoms with Crippen molar-refractivity contribution < 1.29 is 0 Å². The molecule has 3 N–H and O–H groups in total. The molecule has 1 unspecified atom stereocenters. The van der Waals surface area contributed by atoms with Crippen LogP contribution in [0.3, 0.4) is 0 Å². The van der Waals surface area contributed by atoms with Crippen LogP contribution >= 0.6 is 0 Å². The summed E-state index contributed by atoms with van der Waals surface area (Å²) in [5, 5.41) is 3.47. The molecule has 1 atom stereocenters. The molecule has 0 radical (unpaired) electrons. The molecule has 1 aromatic heterocycles. The van der Waals surface area contributed by atoms with Gasteiger partial charge >= 0.3 is 0 Å². The lowest BCUT2D eigenvalue weighted by Gasteiger charge is -2.25. The zero-order valence-electron chi connectivity index (χ0n) is 12.7. The number of nitrogens with zero attached hydrogens (tertiary/aromatic N) is 3. The van der Waals surface area contributed by atoms with E-state index in [-0.39, 0.29) is 0 Å². The van der Waals surface area contributed by atoms with E-state index >= 15 is 0 Å². The molecule has 5 heteroatoms. The van der Waals surface area contributed by atoms with Crippen molar-refractivity contribution in [3.63, 3.8) is 0 Å². The summed E-state index contributed by atoms with van der Waals surface area (Å²) in [4.78, 5) is 11.5. The first kappa shape index (κ1) is 13.6. The highest BCUT2D eigenvalue weighted by molar-refractivity contribution is 5.55. The van der Waals surface area contributed by atoms with Gasteiger partial charge < -0.3 is 11.1 Å². The summed E-state index contributed by atoms with van der Waals surface area (Å²) in [6.07, 6.45) is 5.07. The molecule has 5 nitrogen and oxygen atoms in total. The Bertz CT molecular complexity index is 493. The molecule has 0 aromatic carbocycles. The molecular formula is C15H25N5. The fourth-order valence-corrected chi connectivity index (χ4v) is 2.48. The van der Waals surface area contributed by atoms with Crippen LogP contribution in [0.2, 0.25) is 0 Å². The lowest BCUT2D eigenvalue weighted by molar-refractivity contribution is 0.257. The van der Waals surface area contributed by atoms with E-state index in [2.05, 4.69) is 34.2 Å². The third-order valence-electron chi connectivity index (χ3n) is 4.53. The lowest BCUT2D eigenvalue weighted by atomic mass is 10.2. The summed E-state index contributed by atoms with van der Waals surface area (Å²) >= 11 is 0. The number of nitrogen functional groups attached to an aromatic ring is 1. The van der Waals surface area contributed by atoms with E-state index < -0.39 is 0 Å². The Labute approximate surface area is 121 Å². The molecule has 0 spiro atoms. The molecule has 1 aromatic rings. The SMILES string of the molecule is Cc1c(N)nc(C2CC2)nc1NCC(C)N(C)C1CC1. The van der Waals surface area contributed by atoms with Gasteiger partial charge in [0.05, 0.1) is 0 Å². The number of rotatable bonds is 6. The number of anilines is 2. The average molecular weight is 275 g/mol. The average Bonchev–Trinajstić information content (AvgIpc) is 3.30. The third-order valence-corrected chi connectivity index (χ3v) is 4.53. The number of nitrogens with two attached hydrogens (primary N) is 1. The van der Waals surface area contributed by atoms with Crippen LogP contribution in [0, 0.1) is 6.92 Å². The molecule has 3 rings (SSSR count). The molecule has 20 heavy (non-hydrogen) atoms. The Balaban J connectivity index is 1.66. The molecule has 0 amide bonds. The minimum absolute atomic E-state index is 0.502. The first-order valence-electron chi connectivity index (χ1n) is 7.66. The second kappa shape index (κ2) is 5.20. The quantitative estimate of drug-likeness (QED) is 0.832. The van der Waals surface area contributed by atoms with Crippen molar-refractivity contribution in [1.82, 2.24) is 14.9 Å². The van der Waals surface area contributed by atoms with Crippen molar-refractivity contribution in [1.29, 1.82) is 0 Å². The zero-order chi connectivity index (χ0) is 14.3. The van der Waals surface area contributed by atoms with Crippen LogP contribution < -0.4 is 11.1 Å². The van der Waals surface area contributed by atoms with E-state index in [1.807, 2.05) is 6.92 Å². The topological polar surface area (TPSA) is 67.1 Å². The van der Waals surface area contributed by atoms with Crippen molar-refractivity contribution in [2.45, 2.75) is 57.5 Å². The zero-order valence-corrected chi connectivity index (χ0v) is 12.7. The molecule has 0 saturated heterocycles. The van der Waals surface area contributed by atoms with Crippen molar-refractivity contribution >= 4 is 11.6 Å². The Morgan fingerprint density at radius 2 is 2.00 bits per heavy atom. The maximum atomic E-state index is 6.01. The Kier molecular flexibility index (Phi) is 3.54. The van der Waals surface area contributed by atoms with E-state index in [0.29, 0.717) is 17.8 Å². The van der Waals surface area contributed by atoms with E-state index in [9.17, 15) is 0 Å². The van der Waals surface area contributed by atoms with Crippen LogP contribution in [-0.4, -0.2) is 40.5 Å². The number of aromatic nitrogens is 2. The van der Waals surface area contributed by atoms with Crippen LogP contribution in [0.4, 0.5) is 11.6 Å². The van der Waals surface area contributed by atoms with E-state index in [1.165, 1.54) is 25.7 Å². The summed E-state index contributed by atoms with van der Waals surface area (Å²) < 4.78 is 0. The number of hydrogen-bond donors (Lipinski definition) is 2. The lowest BCUT2D eigenvalue weighted by Crippen LogP contribution is -2.36. The van der Waals surface area contributed by atoms with E-state index in [4.69, 9.17) is 5.73 Å². The second-order valence-electron chi connectivity index (χ2n) is 6.34. The molecule has 110 valence electrons. The van der Waals surface area contributed by atoms with Gasteiger partial charge in [0.1, 0.15) is 17.5 Å². The standard InChI is InChI=1S/C15H25N5/c1-9(20(3)12-6-7-12)8-17-14-10(2)13(16)18-15(19-14)11-4-5-11/h9,11-12H,4-8H2,1-3H3,(H3,16,17,18,19). The van der Waals surface area contributed by atoms with Crippen LogP contribution in [0.5, 0.6) is 0 Å². The van der Waals surface area contributed by atoms with Gasteiger partial charge in [-0.1, -0.05) is 0 Å². The predicted molar refractivity (Wildman–Crippen MR) is 81.9 cm³/mol. The molecule has 2 fully saturated rings. The van der Waals surface area contributed by atoms with Gasteiger partial charge in [-0.2, -0.15) is 0 Å². The van der Waals surface area contributed by atoms with Gasteiger partial charge in [-0.15, -0.1) is 0 Å². The largest absolute Gasteiger partial charge is 0.383 e. The van der Waals surface area contributed by atoms with Gasteiger partial charge in [-0.3, -0.25) is 4.90 Å². The van der Waals surface area contributed by atoms with Gasteiger partial charge in [0.15, 0.2) is 0 Å².